The number of carbonyl (C=O) groups is 2. The maximum Gasteiger partial charge on any atom is 0.310 e. The van der Waals surface area contributed by atoms with Crippen LogP contribution in [0.2, 0.25) is 0 Å². The van der Waals surface area contributed by atoms with Crippen molar-refractivity contribution in [2.45, 2.75) is 52.6 Å². The molecule has 0 aliphatic carbocycles. The summed E-state index contributed by atoms with van der Waals surface area (Å²) in [7, 11) is 1.42. The van der Waals surface area contributed by atoms with Gasteiger partial charge in [0.05, 0.1) is 19.1 Å². The third kappa shape index (κ3) is 4.20. The van der Waals surface area contributed by atoms with Crippen LogP contribution in [0.1, 0.15) is 40.5 Å². The van der Waals surface area contributed by atoms with E-state index in [4.69, 9.17) is 4.74 Å². The maximum atomic E-state index is 12.2. The Hall–Kier alpha value is -1.10. The van der Waals surface area contributed by atoms with Crippen LogP contribution in [0, 0.1) is 11.8 Å². The molecule has 0 aromatic heterocycles. The number of hydrogen-bond acceptors (Lipinski definition) is 4. The molecule has 5 heteroatoms. The summed E-state index contributed by atoms with van der Waals surface area (Å²) in [6.07, 6.45) is 2.04. The number of esters is 1. The second-order valence-corrected chi connectivity index (χ2v) is 5.94. The fraction of sp³-hybridized carbons (Fsp3) is 0.867. The lowest BCUT2D eigenvalue weighted by atomic mass is 9.99. The number of rotatable bonds is 6. The van der Waals surface area contributed by atoms with Crippen molar-refractivity contribution in [3.05, 3.63) is 0 Å². The summed E-state index contributed by atoms with van der Waals surface area (Å²) in [5, 5.41) is 3.03. The van der Waals surface area contributed by atoms with Crippen LogP contribution in [0.3, 0.4) is 0 Å². The summed E-state index contributed by atoms with van der Waals surface area (Å²) in [5.74, 6) is -0.0234. The Morgan fingerprint density at radius 3 is 2.55 bits per heavy atom. The van der Waals surface area contributed by atoms with Crippen LogP contribution >= 0.6 is 0 Å². The van der Waals surface area contributed by atoms with Gasteiger partial charge >= 0.3 is 5.97 Å². The van der Waals surface area contributed by atoms with Crippen LogP contribution in [-0.4, -0.2) is 49.1 Å². The molecule has 1 fully saturated rings. The van der Waals surface area contributed by atoms with E-state index in [9.17, 15) is 9.59 Å². The van der Waals surface area contributed by atoms with Crippen molar-refractivity contribution >= 4 is 11.9 Å². The lowest BCUT2D eigenvalue weighted by Gasteiger charge is -2.25. The summed E-state index contributed by atoms with van der Waals surface area (Å²) in [6, 6.07) is -0.00204. The molecule has 1 amide bonds. The molecule has 0 radical (unpaired) electrons. The molecule has 0 aromatic carbocycles. The Balaban J connectivity index is 2.54. The van der Waals surface area contributed by atoms with Crippen molar-refractivity contribution in [3.63, 3.8) is 0 Å². The Morgan fingerprint density at radius 2 is 2.00 bits per heavy atom. The van der Waals surface area contributed by atoms with Gasteiger partial charge < -0.3 is 10.1 Å². The second kappa shape index (κ2) is 7.62. The zero-order valence-corrected chi connectivity index (χ0v) is 13.3. The maximum absolute atomic E-state index is 12.2. The molecule has 4 unspecified atom stereocenters. The second-order valence-electron chi connectivity index (χ2n) is 5.94. The SMILES string of the molecule is CCCC(C)NC(=O)C(C)N1CC(C)C(C(=O)OC)C1. The van der Waals surface area contributed by atoms with E-state index >= 15 is 0 Å². The smallest absolute Gasteiger partial charge is 0.310 e. The lowest BCUT2D eigenvalue weighted by Crippen LogP contribution is -2.47. The fourth-order valence-electron chi connectivity index (χ4n) is 2.81. The first-order valence-electron chi connectivity index (χ1n) is 7.52. The number of methoxy groups -OCH3 is 1. The zero-order valence-electron chi connectivity index (χ0n) is 13.3. The van der Waals surface area contributed by atoms with Crippen molar-refractivity contribution in [3.8, 4) is 0 Å². The van der Waals surface area contributed by atoms with Crippen molar-refractivity contribution in [2.24, 2.45) is 11.8 Å². The molecule has 1 aliphatic heterocycles. The highest BCUT2D eigenvalue weighted by atomic mass is 16.5. The van der Waals surface area contributed by atoms with Crippen LogP contribution < -0.4 is 5.32 Å². The molecule has 1 N–H and O–H groups in total. The molecule has 1 saturated heterocycles. The fourth-order valence-corrected chi connectivity index (χ4v) is 2.81. The van der Waals surface area contributed by atoms with E-state index in [0.29, 0.717) is 6.54 Å². The Kier molecular flexibility index (Phi) is 6.46. The Bertz CT molecular complexity index is 346. The number of carbonyl (C=O) groups excluding carboxylic acids is 2. The predicted octanol–water partition coefficient (Wildman–Crippen LogP) is 1.42. The highest BCUT2D eigenvalue weighted by Gasteiger charge is 2.38. The third-order valence-corrected chi connectivity index (χ3v) is 4.18. The van der Waals surface area contributed by atoms with E-state index < -0.39 is 0 Å². The largest absolute Gasteiger partial charge is 0.469 e. The summed E-state index contributed by atoms with van der Waals surface area (Å²) < 4.78 is 4.82. The van der Waals surface area contributed by atoms with Crippen molar-refractivity contribution in [1.82, 2.24) is 10.2 Å². The summed E-state index contributed by atoms with van der Waals surface area (Å²) in [5.41, 5.74) is 0. The van der Waals surface area contributed by atoms with Gasteiger partial charge in [0.2, 0.25) is 5.91 Å². The van der Waals surface area contributed by atoms with E-state index in [1.807, 2.05) is 20.8 Å². The van der Waals surface area contributed by atoms with E-state index in [0.717, 1.165) is 19.4 Å². The topological polar surface area (TPSA) is 58.6 Å². The molecule has 1 heterocycles. The van der Waals surface area contributed by atoms with Gasteiger partial charge in [-0.3, -0.25) is 14.5 Å². The van der Waals surface area contributed by atoms with Crippen molar-refractivity contribution < 1.29 is 14.3 Å². The highest BCUT2D eigenvalue weighted by Crippen LogP contribution is 2.25. The Morgan fingerprint density at radius 1 is 1.35 bits per heavy atom. The molecule has 20 heavy (non-hydrogen) atoms. The molecule has 0 bridgehead atoms. The van der Waals surface area contributed by atoms with Gasteiger partial charge in [0.15, 0.2) is 0 Å². The quantitative estimate of drug-likeness (QED) is 0.750. The first kappa shape index (κ1) is 17.0. The Labute approximate surface area is 122 Å². The van der Waals surface area contributed by atoms with Crippen LogP contribution in [0.4, 0.5) is 0 Å². The average molecular weight is 284 g/mol. The lowest BCUT2D eigenvalue weighted by molar-refractivity contribution is -0.146. The summed E-state index contributed by atoms with van der Waals surface area (Å²) in [4.78, 5) is 25.9. The predicted molar refractivity (Wildman–Crippen MR) is 78.2 cm³/mol. The number of likely N-dealkylation sites (tertiary alicyclic amines) is 1. The number of amides is 1. The first-order chi connectivity index (χ1) is 9.40. The molecule has 116 valence electrons. The first-order valence-corrected chi connectivity index (χ1v) is 7.52. The van der Waals surface area contributed by atoms with Crippen LogP contribution in [0.5, 0.6) is 0 Å². The summed E-state index contributed by atoms with van der Waals surface area (Å²) >= 11 is 0. The molecule has 0 aromatic rings. The number of hydrogen-bond donors (Lipinski definition) is 1. The zero-order chi connectivity index (χ0) is 15.3. The number of nitrogens with one attached hydrogen (secondary N) is 1. The molecule has 1 aliphatic rings. The van der Waals surface area contributed by atoms with E-state index in [2.05, 4.69) is 17.1 Å². The van der Waals surface area contributed by atoms with Crippen molar-refractivity contribution in [2.75, 3.05) is 20.2 Å². The average Bonchev–Trinajstić information content (AvgIpc) is 2.79. The van der Waals surface area contributed by atoms with Gasteiger partial charge in [-0.15, -0.1) is 0 Å². The van der Waals surface area contributed by atoms with Gasteiger partial charge in [-0.25, -0.2) is 0 Å². The normalized spacial score (nSPS) is 26.1. The number of nitrogens with zero attached hydrogens (tertiary/aromatic N) is 1. The molecule has 1 rings (SSSR count). The van der Waals surface area contributed by atoms with E-state index in [-0.39, 0.29) is 35.8 Å². The van der Waals surface area contributed by atoms with E-state index in [1.54, 1.807) is 0 Å². The molecular weight excluding hydrogens is 256 g/mol. The molecule has 4 atom stereocenters. The molecule has 5 nitrogen and oxygen atoms in total. The van der Waals surface area contributed by atoms with Gasteiger partial charge in [0.25, 0.3) is 0 Å². The third-order valence-electron chi connectivity index (χ3n) is 4.18. The van der Waals surface area contributed by atoms with Gasteiger partial charge in [-0.1, -0.05) is 20.3 Å². The molecule has 0 saturated carbocycles. The van der Waals surface area contributed by atoms with Crippen LogP contribution in [0.25, 0.3) is 0 Å². The standard InChI is InChI=1S/C15H28N2O3/c1-6-7-11(3)16-14(18)12(4)17-8-10(2)13(9-17)15(19)20-5/h10-13H,6-9H2,1-5H3,(H,16,18). The van der Waals surface area contributed by atoms with Gasteiger partial charge in [-0.05, 0) is 26.2 Å². The minimum absolute atomic E-state index is 0.0451. The highest BCUT2D eigenvalue weighted by molar-refractivity contribution is 5.82. The number of ether oxygens (including phenoxy) is 1. The van der Waals surface area contributed by atoms with Crippen LogP contribution in [0.15, 0.2) is 0 Å². The summed E-state index contributed by atoms with van der Waals surface area (Å²) in [6.45, 7) is 9.43. The molecule has 0 spiro atoms. The monoisotopic (exact) mass is 284 g/mol. The minimum atomic E-state index is -0.202. The molecular formula is C15H28N2O3. The van der Waals surface area contributed by atoms with Crippen molar-refractivity contribution in [1.29, 1.82) is 0 Å². The van der Waals surface area contributed by atoms with Gasteiger partial charge in [0, 0.05) is 19.1 Å². The van der Waals surface area contributed by atoms with Gasteiger partial charge in [-0.2, -0.15) is 0 Å². The van der Waals surface area contributed by atoms with E-state index in [1.165, 1.54) is 7.11 Å². The van der Waals surface area contributed by atoms with Crippen LogP contribution in [-0.2, 0) is 14.3 Å². The minimum Gasteiger partial charge on any atom is -0.469 e. The van der Waals surface area contributed by atoms with Gasteiger partial charge in [0.1, 0.15) is 0 Å².